The molecule has 0 radical (unpaired) electrons. The maximum Gasteiger partial charge on any atom is 0.175 e. The standard InChI is InChI=1S/C22H28BrClN2O3.2ClH/c1-27-21-14-18(15-25-7-2-8-26-9-11-28-12-10-26)13-20(23)22(21)29-16-17-3-5-19(24)6-4-17;;/h3-6,13-14,25H,2,7-12,15-16H2,1H3;2*1H. The molecule has 0 unspecified atom stereocenters. The van der Waals surface area contributed by atoms with Gasteiger partial charge in [-0.2, -0.15) is 0 Å². The average molecular weight is 557 g/mol. The van der Waals surface area contributed by atoms with Gasteiger partial charge < -0.3 is 19.5 Å². The molecule has 0 amide bonds. The molecule has 174 valence electrons. The van der Waals surface area contributed by atoms with E-state index in [1.807, 2.05) is 30.3 Å². The fraction of sp³-hybridized carbons (Fsp3) is 0.455. The zero-order valence-electron chi connectivity index (χ0n) is 17.6. The monoisotopic (exact) mass is 554 g/mol. The lowest BCUT2D eigenvalue weighted by Crippen LogP contribution is -2.37. The molecule has 1 heterocycles. The smallest absolute Gasteiger partial charge is 0.175 e. The highest BCUT2D eigenvalue weighted by Crippen LogP contribution is 2.37. The van der Waals surface area contributed by atoms with Gasteiger partial charge in [0.15, 0.2) is 11.5 Å². The number of hydrogen-bond donors (Lipinski definition) is 1. The third-order valence-corrected chi connectivity index (χ3v) is 5.69. The lowest BCUT2D eigenvalue weighted by atomic mass is 10.2. The van der Waals surface area contributed by atoms with Gasteiger partial charge in [0.25, 0.3) is 0 Å². The summed E-state index contributed by atoms with van der Waals surface area (Å²) in [4.78, 5) is 2.46. The van der Waals surface area contributed by atoms with Gasteiger partial charge in [-0.1, -0.05) is 23.7 Å². The van der Waals surface area contributed by atoms with Gasteiger partial charge in [-0.05, 0) is 70.8 Å². The van der Waals surface area contributed by atoms with Crippen LogP contribution in [0.4, 0.5) is 0 Å². The van der Waals surface area contributed by atoms with E-state index in [0.29, 0.717) is 17.4 Å². The lowest BCUT2D eigenvalue weighted by molar-refractivity contribution is 0.0374. The molecule has 31 heavy (non-hydrogen) atoms. The normalized spacial score (nSPS) is 13.8. The van der Waals surface area contributed by atoms with E-state index in [0.717, 1.165) is 73.7 Å². The zero-order chi connectivity index (χ0) is 20.5. The number of methoxy groups -OCH3 is 1. The number of nitrogens with one attached hydrogen (secondary N) is 1. The van der Waals surface area contributed by atoms with E-state index in [1.54, 1.807) is 7.11 Å². The van der Waals surface area contributed by atoms with E-state index in [2.05, 4.69) is 32.2 Å². The number of morpholine rings is 1. The third-order valence-electron chi connectivity index (χ3n) is 4.85. The van der Waals surface area contributed by atoms with Crippen LogP contribution in [-0.4, -0.2) is 51.4 Å². The molecule has 0 spiro atoms. The summed E-state index contributed by atoms with van der Waals surface area (Å²) in [5.74, 6) is 1.43. The molecule has 1 saturated heterocycles. The van der Waals surface area contributed by atoms with Crippen molar-refractivity contribution in [3.63, 3.8) is 0 Å². The van der Waals surface area contributed by atoms with Crippen molar-refractivity contribution in [2.24, 2.45) is 0 Å². The Hall–Kier alpha value is -0.730. The highest BCUT2D eigenvalue weighted by molar-refractivity contribution is 9.10. The molecule has 1 aliphatic rings. The Balaban J connectivity index is 0.00000240. The van der Waals surface area contributed by atoms with Crippen LogP contribution in [0.5, 0.6) is 11.5 Å². The molecule has 1 N–H and O–H groups in total. The highest BCUT2D eigenvalue weighted by Gasteiger charge is 2.13. The molecule has 2 aromatic rings. The van der Waals surface area contributed by atoms with Crippen molar-refractivity contribution in [3.8, 4) is 11.5 Å². The van der Waals surface area contributed by atoms with E-state index in [4.69, 9.17) is 25.8 Å². The first-order chi connectivity index (χ1) is 14.2. The van der Waals surface area contributed by atoms with Crippen LogP contribution >= 0.6 is 52.3 Å². The average Bonchev–Trinajstić information content (AvgIpc) is 2.74. The Labute approximate surface area is 210 Å². The molecule has 1 fully saturated rings. The van der Waals surface area contributed by atoms with Crippen molar-refractivity contribution < 1.29 is 14.2 Å². The summed E-state index contributed by atoms with van der Waals surface area (Å²) in [6.07, 6.45) is 1.13. The van der Waals surface area contributed by atoms with E-state index >= 15 is 0 Å². The van der Waals surface area contributed by atoms with Crippen molar-refractivity contribution in [1.82, 2.24) is 10.2 Å². The molecule has 0 saturated carbocycles. The second kappa shape index (κ2) is 15.2. The van der Waals surface area contributed by atoms with E-state index in [-0.39, 0.29) is 24.8 Å². The van der Waals surface area contributed by atoms with Crippen molar-refractivity contribution in [2.45, 2.75) is 19.6 Å². The van der Waals surface area contributed by atoms with Crippen LogP contribution in [0.15, 0.2) is 40.9 Å². The van der Waals surface area contributed by atoms with Crippen LogP contribution in [0.3, 0.4) is 0 Å². The highest BCUT2D eigenvalue weighted by atomic mass is 79.9. The minimum Gasteiger partial charge on any atom is -0.493 e. The van der Waals surface area contributed by atoms with Gasteiger partial charge in [-0.25, -0.2) is 0 Å². The van der Waals surface area contributed by atoms with Crippen LogP contribution in [0, 0.1) is 0 Å². The predicted molar refractivity (Wildman–Crippen MR) is 135 cm³/mol. The fourth-order valence-corrected chi connectivity index (χ4v) is 3.97. The number of hydrogen-bond acceptors (Lipinski definition) is 5. The molecular weight excluding hydrogens is 527 g/mol. The molecule has 0 aliphatic carbocycles. The van der Waals surface area contributed by atoms with Crippen molar-refractivity contribution in [2.75, 3.05) is 46.5 Å². The van der Waals surface area contributed by atoms with Gasteiger partial charge in [0.1, 0.15) is 6.61 Å². The van der Waals surface area contributed by atoms with Crippen LogP contribution in [-0.2, 0) is 17.9 Å². The first-order valence-electron chi connectivity index (χ1n) is 9.90. The summed E-state index contributed by atoms with van der Waals surface area (Å²) >= 11 is 9.56. The molecule has 0 aromatic heterocycles. The molecule has 2 aromatic carbocycles. The van der Waals surface area contributed by atoms with Crippen LogP contribution in [0.25, 0.3) is 0 Å². The van der Waals surface area contributed by atoms with Gasteiger partial charge in [-0.15, -0.1) is 24.8 Å². The SMILES string of the molecule is COc1cc(CNCCCN2CCOCC2)cc(Br)c1OCc1ccc(Cl)cc1.Cl.Cl. The minimum atomic E-state index is 0. The quantitative estimate of drug-likeness (QED) is 0.400. The molecular formula is C22H30BrCl3N2O3. The number of benzene rings is 2. The zero-order valence-corrected chi connectivity index (χ0v) is 21.5. The van der Waals surface area contributed by atoms with Crippen molar-refractivity contribution in [1.29, 1.82) is 0 Å². The Morgan fingerprint density at radius 3 is 2.48 bits per heavy atom. The second-order valence-corrected chi connectivity index (χ2v) is 8.30. The molecule has 1 aliphatic heterocycles. The Kier molecular flexibility index (Phi) is 13.8. The second-order valence-electron chi connectivity index (χ2n) is 7.01. The molecule has 9 heteroatoms. The maximum absolute atomic E-state index is 6.00. The number of ether oxygens (including phenoxy) is 3. The summed E-state index contributed by atoms with van der Waals surface area (Å²) in [5, 5.41) is 4.23. The molecule has 0 bridgehead atoms. The summed E-state index contributed by atoms with van der Waals surface area (Å²) in [6, 6.07) is 11.7. The topological polar surface area (TPSA) is 43.0 Å². The summed E-state index contributed by atoms with van der Waals surface area (Å²) in [6.45, 7) is 7.12. The molecule has 0 atom stereocenters. The van der Waals surface area contributed by atoms with E-state index in [9.17, 15) is 0 Å². The third kappa shape index (κ3) is 9.34. The van der Waals surface area contributed by atoms with Crippen LogP contribution in [0.1, 0.15) is 17.5 Å². The summed E-state index contributed by atoms with van der Waals surface area (Å²) < 4.78 is 17.8. The molecule has 3 rings (SSSR count). The number of nitrogens with zero attached hydrogens (tertiary/aromatic N) is 1. The minimum absolute atomic E-state index is 0. The Morgan fingerprint density at radius 2 is 1.81 bits per heavy atom. The van der Waals surface area contributed by atoms with Gasteiger partial charge in [0.2, 0.25) is 0 Å². The number of halogens is 4. The largest absolute Gasteiger partial charge is 0.493 e. The van der Waals surface area contributed by atoms with Gasteiger partial charge >= 0.3 is 0 Å². The Morgan fingerprint density at radius 1 is 1.10 bits per heavy atom. The van der Waals surface area contributed by atoms with Gasteiger partial charge in [-0.3, -0.25) is 4.90 Å². The van der Waals surface area contributed by atoms with Crippen LogP contribution < -0.4 is 14.8 Å². The summed E-state index contributed by atoms with van der Waals surface area (Å²) in [5.41, 5.74) is 2.20. The summed E-state index contributed by atoms with van der Waals surface area (Å²) in [7, 11) is 1.66. The first-order valence-corrected chi connectivity index (χ1v) is 11.1. The number of rotatable bonds is 10. The van der Waals surface area contributed by atoms with Crippen molar-refractivity contribution >= 4 is 52.3 Å². The lowest BCUT2D eigenvalue weighted by Gasteiger charge is -2.26. The maximum atomic E-state index is 6.00. The van der Waals surface area contributed by atoms with E-state index < -0.39 is 0 Å². The Bertz CT molecular complexity index is 775. The van der Waals surface area contributed by atoms with Gasteiger partial charge in [0.05, 0.1) is 24.8 Å². The fourth-order valence-electron chi connectivity index (χ4n) is 3.24. The molecule has 5 nitrogen and oxygen atoms in total. The van der Waals surface area contributed by atoms with Crippen molar-refractivity contribution in [3.05, 3.63) is 57.0 Å². The van der Waals surface area contributed by atoms with Gasteiger partial charge in [0, 0.05) is 24.7 Å². The first kappa shape index (κ1) is 28.3. The van der Waals surface area contributed by atoms with E-state index in [1.165, 1.54) is 0 Å². The predicted octanol–water partition coefficient (Wildman–Crippen LogP) is 5.35. The van der Waals surface area contributed by atoms with Crippen LogP contribution in [0.2, 0.25) is 5.02 Å².